The molecule has 74 valence electrons. The summed E-state index contributed by atoms with van der Waals surface area (Å²) in [6, 6.07) is 0.0220. The Balaban J connectivity index is 2.36. The van der Waals surface area contributed by atoms with Gasteiger partial charge in [0.2, 0.25) is 0 Å². The lowest BCUT2D eigenvalue weighted by molar-refractivity contribution is 0.607. The van der Waals surface area contributed by atoms with Gasteiger partial charge in [0.05, 0.1) is 23.6 Å². The van der Waals surface area contributed by atoms with Crippen LogP contribution >= 0.6 is 11.7 Å². The Morgan fingerprint density at radius 2 is 2.43 bits per heavy atom. The molecular weight excluding hydrogens is 198 g/mol. The zero-order valence-electron chi connectivity index (χ0n) is 8.01. The van der Waals surface area contributed by atoms with Crippen LogP contribution in [0, 0.1) is 0 Å². The molecule has 2 rings (SSSR count). The Bertz CT molecular complexity index is 394. The van der Waals surface area contributed by atoms with Crippen molar-refractivity contribution in [3.05, 3.63) is 30.1 Å². The van der Waals surface area contributed by atoms with Crippen LogP contribution in [-0.4, -0.2) is 25.3 Å². The van der Waals surface area contributed by atoms with Gasteiger partial charge in [-0.05, 0) is 7.05 Å². The van der Waals surface area contributed by atoms with E-state index in [9.17, 15) is 0 Å². The average Bonchev–Trinajstić information content (AvgIpc) is 2.80. The summed E-state index contributed by atoms with van der Waals surface area (Å²) in [6.07, 6.45) is 5.46. The molecule has 0 bridgehead atoms. The fraction of sp³-hybridized carbons (Fsp3) is 0.375. The van der Waals surface area contributed by atoms with E-state index >= 15 is 0 Å². The molecule has 1 N–H and O–H groups in total. The van der Waals surface area contributed by atoms with E-state index in [1.54, 1.807) is 12.4 Å². The Morgan fingerprint density at radius 3 is 2.93 bits per heavy atom. The first-order chi connectivity index (χ1) is 6.83. The number of nitrogens with one attached hydrogen (secondary N) is 1. The van der Waals surface area contributed by atoms with Gasteiger partial charge in [-0.2, -0.15) is 8.75 Å². The van der Waals surface area contributed by atoms with Crippen LogP contribution < -0.4 is 5.32 Å². The van der Waals surface area contributed by atoms with Crippen LogP contribution in [0.15, 0.2) is 18.6 Å². The van der Waals surface area contributed by atoms with Crippen LogP contribution in [0.3, 0.4) is 0 Å². The van der Waals surface area contributed by atoms with E-state index in [4.69, 9.17) is 0 Å². The van der Waals surface area contributed by atoms with E-state index in [0.29, 0.717) is 0 Å². The van der Waals surface area contributed by atoms with Crippen molar-refractivity contribution in [2.75, 3.05) is 7.05 Å². The van der Waals surface area contributed by atoms with Crippen LogP contribution in [0.4, 0.5) is 0 Å². The first-order valence-corrected chi connectivity index (χ1v) is 4.98. The summed E-state index contributed by atoms with van der Waals surface area (Å²) in [5, 5.41) is 3.17. The summed E-state index contributed by atoms with van der Waals surface area (Å²) in [7, 11) is 3.85. The van der Waals surface area contributed by atoms with Crippen LogP contribution in [0.2, 0.25) is 0 Å². The summed E-state index contributed by atoms with van der Waals surface area (Å²) in [4.78, 5) is 4.28. The highest BCUT2D eigenvalue weighted by atomic mass is 32.1. The molecule has 5 nitrogen and oxygen atoms in total. The third-order valence-corrected chi connectivity index (χ3v) is 2.57. The Morgan fingerprint density at radius 1 is 1.57 bits per heavy atom. The second-order valence-electron chi connectivity index (χ2n) is 2.95. The first-order valence-electron chi connectivity index (χ1n) is 4.25. The number of aromatic nitrogens is 4. The van der Waals surface area contributed by atoms with Gasteiger partial charge in [-0.15, -0.1) is 0 Å². The second-order valence-corrected chi connectivity index (χ2v) is 3.51. The Kier molecular flexibility index (Phi) is 2.55. The molecule has 0 spiro atoms. The predicted octanol–water partition coefficient (Wildman–Crippen LogP) is 0.580. The SMILES string of the molecule is CNC(c1cnsn1)c1nccn1C. The quantitative estimate of drug-likeness (QED) is 0.803. The van der Waals surface area contributed by atoms with Gasteiger partial charge in [0.1, 0.15) is 11.9 Å². The van der Waals surface area contributed by atoms with Crippen LogP contribution in [0.25, 0.3) is 0 Å². The van der Waals surface area contributed by atoms with Crippen molar-refractivity contribution >= 4 is 11.7 Å². The molecule has 2 aromatic heterocycles. The smallest absolute Gasteiger partial charge is 0.131 e. The highest BCUT2D eigenvalue weighted by Crippen LogP contribution is 2.17. The summed E-state index contributed by atoms with van der Waals surface area (Å²) in [5.41, 5.74) is 0.909. The van der Waals surface area contributed by atoms with Crippen molar-refractivity contribution in [2.24, 2.45) is 7.05 Å². The fourth-order valence-electron chi connectivity index (χ4n) is 1.36. The van der Waals surface area contributed by atoms with Gasteiger partial charge in [0, 0.05) is 19.4 Å². The number of hydrogen-bond donors (Lipinski definition) is 1. The zero-order valence-corrected chi connectivity index (χ0v) is 8.82. The molecule has 0 aliphatic heterocycles. The van der Waals surface area contributed by atoms with Gasteiger partial charge >= 0.3 is 0 Å². The van der Waals surface area contributed by atoms with Gasteiger partial charge in [-0.25, -0.2) is 4.98 Å². The van der Waals surface area contributed by atoms with Crippen molar-refractivity contribution in [2.45, 2.75) is 6.04 Å². The van der Waals surface area contributed by atoms with Crippen molar-refractivity contribution in [3.63, 3.8) is 0 Å². The summed E-state index contributed by atoms with van der Waals surface area (Å²) in [5.74, 6) is 0.945. The highest BCUT2D eigenvalue weighted by molar-refractivity contribution is 6.99. The van der Waals surface area contributed by atoms with E-state index in [1.807, 2.05) is 24.9 Å². The molecule has 1 unspecified atom stereocenters. The van der Waals surface area contributed by atoms with Crippen molar-refractivity contribution < 1.29 is 0 Å². The van der Waals surface area contributed by atoms with E-state index in [-0.39, 0.29) is 6.04 Å². The van der Waals surface area contributed by atoms with Crippen LogP contribution in [0.1, 0.15) is 17.6 Å². The van der Waals surface area contributed by atoms with Gasteiger partial charge < -0.3 is 9.88 Å². The van der Waals surface area contributed by atoms with Crippen molar-refractivity contribution in [1.29, 1.82) is 0 Å². The van der Waals surface area contributed by atoms with E-state index < -0.39 is 0 Å². The van der Waals surface area contributed by atoms with E-state index in [1.165, 1.54) is 11.7 Å². The van der Waals surface area contributed by atoms with Crippen LogP contribution in [-0.2, 0) is 7.05 Å². The van der Waals surface area contributed by atoms with Gasteiger partial charge in [-0.3, -0.25) is 0 Å². The largest absolute Gasteiger partial charge is 0.336 e. The highest BCUT2D eigenvalue weighted by Gasteiger charge is 2.18. The lowest BCUT2D eigenvalue weighted by Crippen LogP contribution is -2.21. The standard InChI is InChI=1S/C8H11N5S/c1-9-7(6-5-11-14-12-6)8-10-3-4-13(8)2/h3-5,7,9H,1-2H3. The third kappa shape index (κ3) is 1.53. The maximum Gasteiger partial charge on any atom is 0.131 e. The number of imidazole rings is 1. The summed E-state index contributed by atoms with van der Waals surface area (Å²) in [6.45, 7) is 0. The van der Waals surface area contributed by atoms with Crippen molar-refractivity contribution in [3.8, 4) is 0 Å². The Labute approximate surface area is 86.1 Å². The Hall–Kier alpha value is -1.27. The molecule has 0 saturated carbocycles. The lowest BCUT2D eigenvalue weighted by Gasteiger charge is -2.12. The molecular formula is C8H11N5S. The minimum atomic E-state index is 0.0220. The number of rotatable bonds is 3. The summed E-state index contributed by atoms with van der Waals surface area (Å²) >= 11 is 1.21. The first kappa shape index (κ1) is 9.29. The fourth-order valence-corrected chi connectivity index (χ4v) is 1.81. The monoisotopic (exact) mass is 209 g/mol. The van der Waals surface area contributed by atoms with E-state index in [2.05, 4.69) is 19.0 Å². The molecule has 0 amide bonds. The summed E-state index contributed by atoms with van der Waals surface area (Å²) < 4.78 is 10.2. The molecule has 14 heavy (non-hydrogen) atoms. The zero-order chi connectivity index (χ0) is 9.97. The normalized spacial score (nSPS) is 13.0. The van der Waals surface area contributed by atoms with Crippen molar-refractivity contribution in [1.82, 2.24) is 23.6 Å². The molecule has 0 aliphatic carbocycles. The molecule has 0 aliphatic rings. The lowest BCUT2D eigenvalue weighted by atomic mass is 10.2. The molecule has 0 saturated heterocycles. The second kappa shape index (κ2) is 3.85. The molecule has 0 radical (unpaired) electrons. The maximum atomic E-state index is 4.28. The third-order valence-electron chi connectivity index (χ3n) is 2.08. The molecule has 6 heteroatoms. The van der Waals surface area contributed by atoms with Gasteiger partial charge in [-0.1, -0.05) is 0 Å². The van der Waals surface area contributed by atoms with E-state index in [0.717, 1.165) is 11.5 Å². The maximum absolute atomic E-state index is 4.28. The number of hydrogen-bond acceptors (Lipinski definition) is 5. The molecule has 2 aromatic rings. The van der Waals surface area contributed by atoms with Crippen LogP contribution in [0.5, 0.6) is 0 Å². The van der Waals surface area contributed by atoms with Gasteiger partial charge in [0.25, 0.3) is 0 Å². The number of nitrogens with zero attached hydrogens (tertiary/aromatic N) is 4. The predicted molar refractivity (Wildman–Crippen MR) is 54.0 cm³/mol. The molecule has 0 aromatic carbocycles. The number of aryl methyl sites for hydroxylation is 1. The topological polar surface area (TPSA) is 55.6 Å². The van der Waals surface area contributed by atoms with Gasteiger partial charge in [0.15, 0.2) is 0 Å². The minimum absolute atomic E-state index is 0.0220. The molecule has 1 atom stereocenters. The average molecular weight is 209 g/mol. The minimum Gasteiger partial charge on any atom is -0.336 e. The molecule has 2 heterocycles. The molecule has 0 fully saturated rings.